The third-order valence-electron chi connectivity index (χ3n) is 3.62. The summed E-state index contributed by atoms with van der Waals surface area (Å²) < 4.78 is 35.3. The van der Waals surface area contributed by atoms with Gasteiger partial charge >= 0.3 is 16.1 Å². The topological polar surface area (TPSA) is 69.7 Å². The zero-order chi connectivity index (χ0) is 18.9. The highest BCUT2D eigenvalue weighted by Crippen LogP contribution is 2.34. The zero-order valence-corrected chi connectivity index (χ0v) is 15.7. The molecule has 0 N–H and O–H groups in total. The van der Waals surface area contributed by atoms with E-state index < -0.39 is 16.1 Å². The van der Waals surface area contributed by atoms with Crippen LogP contribution in [0.5, 0.6) is 5.75 Å². The number of rotatable bonds is 4. The Balaban J connectivity index is 2.17. The first kappa shape index (κ1) is 18.5. The van der Waals surface area contributed by atoms with Gasteiger partial charge in [0, 0.05) is 0 Å². The normalized spacial score (nSPS) is 11.3. The van der Waals surface area contributed by atoms with Gasteiger partial charge in [0.1, 0.15) is 10.5 Å². The molecule has 0 bridgehead atoms. The van der Waals surface area contributed by atoms with Crippen LogP contribution in [0.25, 0.3) is 10.8 Å². The fraction of sp³-hybridized carbons (Fsp3) is 0.0556. The standard InChI is InChI=1S/C18H12Cl2O5S/c1-24-18(21)13-9-11-5-2-3-6-12(11)10-16(13)25-26(22,23)17-14(19)7-4-8-15(17)20/h2-10H,1H3. The number of fused-ring (bicyclic) bond motifs is 1. The van der Waals surface area contributed by atoms with Crippen LogP contribution in [0.3, 0.4) is 0 Å². The minimum absolute atomic E-state index is 0.0297. The minimum Gasteiger partial charge on any atom is -0.465 e. The van der Waals surface area contributed by atoms with Crippen LogP contribution < -0.4 is 4.18 Å². The second kappa shape index (κ2) is 7.15. The van der Waals surface area contributed by atoms with Gasteiger partial charge < -0.3 is 8.92 Å². The summed E-state index contributed by atoms with van der Waals surface area (Å²) in [5.74, 6) is -0.905. The molecule has 134 valence electrons. The fourth-order valence-corrected chi connectivity index (χ4v) is 4.47. The van der Waals surface area contributed by atoms with Gasteiger partial charge in [-0.1, -0.05) is 53.5 Å². The summed E-state index contributed by atoms with van der Waals surface area (Å²) in [5.41, 5.74) is -0.0297. The molecule has 0 fully saturated rings. The first-order chi connectivity index (χ1) is 12.3. The molecule has 0 amide bonds. The molecular weight excluding hydrogens is 399 g/mol. The van der Waals surface area contributed by atoms with Crippen LogP contribution in [0.15, 0.2) is 59.5 Å². The van der Waals surface area contributed by atoms with Crippen molar-refractivity contribution in [2.24, 2.45) is 0 Å². The molecule has 0 radical (unpaired) electrons. The van der Waals surface area contributed by atoms with E-state index >= 15 is 0 Å². The number of esters is 1. The van der Waals surface area contributed by atoms with Gasteiger partial charge in [-0.3, -0.25) is 0 Å². The predicted octanol–water partition coefficient (Wildman–Crippen LogP) is 4.70. The lowest BCUT2D eigenvalue weighted by molar-refractivity contribution is 0.0599. The minimum atomic E-state index is -4.38. The van der Waals surface area contributed by atoms with E-state index in [-0.39, 0.29) is 26.3 Å². The third-order valence-corrected chi connectivity index (χ3v) is 5.81. The average Bonchev–Trinajstić information content (AvgIpc) is 2.59. The molecule has 26 heavy (non-hydrogen) atoms. The molecule has 3 aromatic carbocycles. The molecule has 0 heterocycles. The highest BCUT2D eigenvalue weighted by Gasteiger charge is 2.26. The van der Waals surface area contributed by atoms with Gasteiger partial charge in [-0.05, 0) is 35.0 Å². The smallest absolute Gasteiger partial charge is 0.342 e. The second-order valence-corrected chi connectivity index (χ2v) is 7.57. The van der Waals surface area contributed by atoms with Gasteiger partial charge in [0.25, 0.3) is 0 Å². The van der Waals surface area contributed by atoms with E-state index in [1.54, 1.807) is 24.3 Å². The molecule has 8 heteroatoms. The lowest BCUT2D eigenvalue weighted by atomic mass is 10.1. The third kappa shape index (κ3) is 3.49. The van der Waals surface area contributed by atoms with Crippen molar-refractivity contribution in [1.82, 2.24) is 0 Å². The van der Waals surface area contributed by atoms with Crippen LogP contribution >= 0.6 is 23.2 Å². The molecule has 0 aliphatic carbocycles. The van der Waals surface area contributed by atoms with Gasteiger partial charge in [-0.15, -0.1) is 0 Å². The molecule has 0 aliphatic rings. The van der Waals surface area contributed by atoms with Crippen LogP contribution in [-0.2, 0) is 14.9 Å². The lowest BCUT2D eigenvalue weighted by Crippen LogP contribution is -2.14. The summed E-state index contributed by atoms with van der Waals surface area (Å²) >= 11 is 11.9. The van der Waals surface area contributed by atoms with Crippen LogP contribution in [-0.4, -0.2) is 21.5 Å². The first-order valence-electron chi connectivity index (χ1n) is 7.33. The Morgan fingerprint density at radius 1 is 0.923 bits per heavy atom. The van der Waals surface area contributed by atoms with Gasteiger partial charge in [0.2, 0.25) is 0 Å². The summed E-state index contributed by atoms with van der Waals surface area (Å²) in [5, 5.41) is 1.25. The Morgan fingerprint density at radius 3 is 2.08 bits per heavy atom. The second-order valence-electron chi connectivity index (χ2n) is 5.28. The molecule has 0 unspecified atom stereocenters. The molecule has 5 nitrogen and oxygen atoms in total. The summed E-state index contributed by atoms with van der Waals surface area (Å²) in [4.78, 5) is 11.7. The molecule has 0 saturated carbocycles. The van der Waals surface area contributed by atoms with Crippen molar-refractivity contribution >= 4 is 50.1 Å². The van der Waals surface area contributed by atoms with Crippen LogP contribution in [0.1, 0.15) is 10.4 Å². The summed E-state index contributed by atoms with van der Waals surface area (Å²) in [7, 11) is -3.18. The first-order valence-corrected chi connectivity index (χ1v) is 9.49. The summed E-state index contributed by atoms with van der Waals surface area (Å²) in [6.07, 6.45) is 0. The van der Waals surface area contributed by atoms with E-state index in [1.807, 2.05) is 0 Å². The molecule has 0 aliphatic heterocycles. The maximum absolute atomic E-state index is 12.7. The van der Waals surface area contributed by atoms with Crippen molar-refractivity contribution in [2.45, 2.75) is 4.90 Å². The maximum atomic E-state index is 12.7. The zero-order valence-electron chi connectivity index (χ0n) is 13.4. The number of benzene rings is 3. The highest BCUT2D eigenvalue weighted by molar-refractivity contribution is 7.87. The Morgan fingerprint density at radius 2 is 1.50 bits per heavy atom. The van der Waals surface area contributed by atoms with Gasteiger partial charge in [-0.2, -0.15) is 8.42 Å². The van der Waals surface area contributed by atoms with Crippen molar-refractivity contribution in [3.8, 4) is 5.75 Å². The van der Waals surface area contributed by atoms with Gasteiger partial charge in [-0.25, -0.2) is 4.79 Å². The van der Waals surface area contributed by atoms with E-state index in [2.05, 4.69) is 0 Å². The molecule has 3 rings (SSSR count). The number of carbonyl (C=O) groups excluding carboxylic acids is 1. The van der Waals surface area contributed by atoms with E-state index in [1.165, 1.54) is 37.4 Å². The number of halogens is 2. The number of carbonyl (C=O) groups is 1. The van der Waals surface area contributed by atoms with E-state index in [0.29, 0.717) is 5.39 Å². The van der Waals surface area contributed by atoms with Crippen molar-refractivity contribution in [1.29, 1.82) is 0 Å². The van der Waals surface area contributed by atoms with Crippen LogP contribution in [0, 0.1) is 0 Å². The van der Waals surface area contributed by atoms with Gasteiger partial charge in [0.15, 0.2) is 5.75 Å². The Bertz CT molecular complexity index is 1090. The number of hydrogen-bond acceptors (Lipinski definition) is 5. The predicted molar refractivity (Wildman–Crippen MR) is 99.6 cm³/mol. The largest absolute Gasteiger partial charge is 0.465 e. The molecule has 3 aromatic rings. The maximum Gasteiger partial charge on any atom is 0.342 e. The van der Waals surface area contributed by atoms with Crippen molar-refractivity contribution in [2.75, 3.05) is 7.11 Å². The summed E-state index contributed by atoms with van der Waals surface area (Å²) in [6.45, 7) is 0. The number of methoxy groups -OCH3 is 1. The average molecular weight is 411 g/mol. The number of hydrogen-bond donors (Lipinski definition) is 0. The van der Waals surface area contributed by atoms with Crippen molar-refractivity contribution < 1.29 is 22.1 Å². The molecule has 0 saturated heterocycles. The SMILES string of the molecule is COC(=O)c1cc2ccccc2cc1OS(=O)(=O)c1c(Cl)cccc1Cl. The quantitative estimate of drug-likeness (QED) is 0.460. The Hall–Kier alpha value is -2.28. The van der Waals surface area contributed by atoms with Crippen LogP contribution in [0.4, 0.5) is 0 Å². The van der Waals surface area contributed by atoms with Gasteiger partial charge in [0.05, 0.1) is 17.2 Å². The molecule has 0 spiro atoms. The van der Waals surface area contributed by atoms with Crippen molar-refractivity contribution in [3.05, 3.63) is 70.2 Å². The monoisotopic (exact) mass is 410 g/mol. The highest BCUT2D eigenvalue weighted by atomic mass is 35.5. The summed E-state index contributed by atoms with van der Waals surface area (Å²) in [6, 6.07) is 14.3. The van der Waals surface area contributed by atoms with E-state index in [0.717, 1.165) is 5.39 Å². The molecular formula is C18H12Cl2O5S. The number of ether oxygens (including phenoxy) is 1. The van der Waals surface area contributed by atoms with E-state index in [9.17, 15) is 13.2 Å². The lowest BCUT2D eigenvalue weighted by Gasteiger charge is -2.13. The Kier molecular flexibility index (Phi) is 5.09. The van der Waals surface area contributed by atoms with Crippen LogP contribution in [0.2, 0.25) is 10.0 Å². The van der Waals surface area contributed by atoms with Crippen molar-refractivity contribution in [3.63, 3.8) is 0 Å². The molecule has 0 aromatic heterocycles. The Labute approximate surface area is 160 Å². The molecule has 0 atom stereocenters. The fourth-order valence-electron chi connectivity index (χ4n) is 2.44. The van der Waals surface area contributed by atoms with E-state index in [4.69, 9.17) is 32.1 Å².